The maximum atomic E-state index is 9.02. The maximum absolute atomic E-state index is 9.02. The van der Waals surface area contributed by atoms with Crippen molar-refractivity contribution in [3.05, 3.63) is 34.9 Å². The summed E-state index contributed by atoms with van der Waals surface area (Å²) in [7, 11) is 5.49. The second kappa shape index (κ2) is 4.15. The molecule has 0 spiro atoms. The van der Waals surface area contributed by atoms with E-state index in [1.807, 2.05) is 6.07 Å². The zero-order valence-corrected chi connectivity index (χ0v) is 8.16. The van der Waals surface area contributed by atoms with E-state index in [9.17, 15) is 0 Å². The number of hydrogen-bond acceptors (Lipinski definition) is 2. The Morgan fingerprint density at radius 3 is 3.07 bits per heavy atom. The van der Waals surface area contributed by atoms with Crippen molar-refractivity contribution in [3.63, 3.8) is 0 Å². The second-order valence-electron chi connectivity index (χ2n) is 3.80. The second-order valence-corrected chi connectivity index (χ2v) is 3.80. The van der Waals surface area contributed by atoms with E-state index in [2.05, 4.69) is 17.4 Å². The van der Waals surface area contributed by atoms with Crippen LogP contribution in [0.5, 0.6) is 0 Å². The molecule has 2 N–H and O–H groups in total. The van der Waals surface area contributed by atoms with E-state index < -0.39 is 0 Å². The van der Waals surface area contributed by atoms with Gasteiger partial charge in [0.25, 0.3) is 0 Å². The van der Waals surface area contributed by atoms with Gasteiger partial charge in [-0.3, -0.25) is 0 Å². The fourth-order valence-electron chi connectivity index (χ4n) is 2.14. The smallest absolute Gasteiger partial charge is 0.178 e. The molecule has 1 aromatic rings. The molecular weight excluding hydrogens is 173 g/mol. The number of hydrogen-bond donors (Lipinski definition) is 2. The van der Waals surface area contributed by atoms with Crippen molar-refractivity contribution in [3.8, 4) is 0 Å². The Morgan fingerprint density at radius 1 is 1.50 bits per heavy atom. The van der Waals surface area contributed by atoms with E-state index in [4.69, 9.17) is 13.1 Å². The van der Waals surface area contributed by atoms with Crippen LogP contribution >= 0.6 is 0 Å². The molecule has 2 nitrogen and oxygen atoms in total. The predicted molar refractivity (Wildman–Crippen MR) is 56.9 cm³/mol. The first-order chi connectivity index (χ1) is 6.85. The van der Waals surface area contributed by atoms with Gasteiger partial charge in [0.2, 0.25) is 0 Å². The van der Waals surface area contributed by atoms with Crippen LogP contribution in [0.2, 0.25) is 0 Å². The molecule has 1 atom stereocenters. The van der Waals surface area contributed by atoms with Crippen LogP contribution in [0.25, 0.3) is 0 Å². The van der Waals surface area contributed by atoms with Crippen molar-refractivity contribution in [1.29, 1.82) is 0 Å². The number of benzene rings is 1. The summed E-state index contributed by atoms with van der Waals surface area (Å²) in [6.07, 6.45) is 3.36. The van der Waals surface area contributed by atoms with E-state index in [1.54, 1.807) is 0 Å². The number of nitrogens with one attached hydrogen (secondary N) is 1. The fourth-order valence-corrected chi connectivity index (χ4v) is 2.14. The highest BCUT2D eigenvalue weighted by Crippen LogP contribution is 2.29. The number of fused-ring (bicyclic) bond motifs is 1. The van der Waals surface area contributed by atoms with Crippen molar-refractivity contribution in [2.24, 2.45) is 0 Å². The average Bonchev–Trinajstić information content (AvgIpc) is 2.27. The summed E-state index contributed by atoms with van der Waals surface area (Å²) in [5.41, 5.74) is 3.60. The molecule has 72 valence electrons. The minimum atomic E-state index is 0.119. The van der Waals surface area contributed by atoms with Crippen LogP contribution in [0.3, 0.4) is 0 Å². The lowest BCUT2D eigenvalue weighted by Crippen LogP contribution is -2.22. The molecule has 0 heterocycles. The molecular formula is C11H14BNO. The van der Waals surface area contributed by atoms with Gasteiger partial charge >= 0.3 is 0 Å². The van der Waals surface area contributed by atoms with Crippen molar-refractivity contribution in [2.75, 3.05) is 0 Å². The normalized spacial score (nSPS) is 20.5. The zero-order valence-electron chi connectivity index (χ0n) is 8.16. The Balaban J connectivity index is 2.35. The fraction of sp³-hybridized carbons (Fsp3) is 0.455. The lowest BCUT2D eigenvalue weighted by Gasteiger charge is -2.25. The van der Waals surface area contributed by atoms with Crippen molar-refractivity contribution >= 4 is 7.98 Å². The van der Waals surface area contributed by atoms with E-state index in [-0.39, 0.29) is 12.6 Å². The highest BCUT2D eigenvalue weighted by molar-refractivity contribution is 6.04. The SMILES string of the molecule is [B]NC1CCCc2cc(CO)ccc21. The molecule has 1 aliphatic rings. The molecule has 0 fully saturated rings. The summed E-state index contributed by atoms with van der Waals surface area (Å²) in [5, 5.41) is 11.9. The minimum Gasteiger partial charge on any atom is -0.392 e. The van der Waals surface area contributed by atoms with Gasteiger partial charge in [-0.1, -0.05) is 18.2 Å². The van der Waals surface area contributed by atoms with Gasteiger partial charge < -0.3 is 10.3 Å². The molecule has 3 heteroatoms. The van der Waals surface area contributed by atoms with Crippen LogP contribution in [0, 0.1) is 0 Å². The molecule has 0 aromatic heterocycles. The third-order valence-corrected chi connectivity index (χ3v) is 2.91. The van der Waals surface area contributed by atoms with Crippen LogP contribution in [0.4, 0.5) is 0 Å². The van der Waals surface area contributed by atoms with Gasteiger partial charge in [0.1, 0.15) is 0 Å². The van der Waals surface area contributed by atoms with Crippen LogP contribution < -0.4 is 5.23 Å². The number of aliphatic hydroxyl groups is 1. The van der Waals surface area contributed by atoms with Crippen LogP contribution in [-0.2, 0) is 13.0 Å². The molecule has 2 radical (unpaired) electrons. The Hall–Kier alpha value is -0.795. The summed E-state index contributed by atoms with van der Waals surface area (Å²) in [5.74, 6) is 0. The highest BCUT2D eigenvalue weighted by atomic mass is 16.3. The first-order valence-electron chi connectivity index (χ1n) is 5.04. The molecule has 1 unspecified atom stereocenters. The first-order valence-corrected chi connectivity index (χ1v) is 5.04. The Morgan fingerprint density at radius 2 is 2.36 bits per heavy atom. The lowest BCUT2D eigenvalue weighted by atomic mass is 9.86. The van der Waals surface area contributed by atoms with Gasteiger partial charge in [-0.2, -0.15) is 0 Å². The summed E-state index contributed by atoms with van der Waals surface area (Å²) >= 11 is 0. The van der Waals surface area contributed by atoms with Gasteiger partial charge in [-0.05, 0) is 36.0 Å². The molecule has 0 saturated carbocycles. The standard InChI is InChI=1S/C11H14BNO/c12-13-11-3-1-2-9-6-8(7-14)4-5-10(9)11/h4-6,11,13-14H,1-3,7H2. The molecule has 0 amide bonds. The predicted octanol–water partition coefficient (Wildman–Crippen LogP) is 1.23. The average molecular weight is 187 g/mol. The number of aliphatic hydroxyl groups excluding tert-OH is 1. The van der Waals surface area contributed by atoms with Crippen molar-refractivity contribution in [2.45, 2.75) is 31.9 Å². The third-order valence-electron chi connectivity index (χ3n) is 2.91. The molecule has 1 aliphatic carbocycles. The molecule has 2 rings (SSSR count). The maximum Gasteiger partial charge on any atom is 0.178 e. The minimum absolute atomic E-state index is 0.119. The van der Waals surface area contributed by atoms with Gasteiger partial charge in [-0.25, -0.2) is 0 Å². The van der Waals surface area contributed by atoms with Gasteiger partial charge in [0.15, 0.2) is 7.98 Å². The highest BCUT2D eigenvalue weighted by Gasteiger charge is 2.17. The number of rotatable bonds is 2. The molecule has 0 aliphatic heterocycles. The van der Waals surface area contributed by atoms with Crippen molar-refractivity contribution < 1.29 is 5.11 Å². The topological polar surface area (TPSA) is 32.3 Å². The summed E-state index contributed by atoms with van der Waals surface area (Å²) in [6.45, 7) is 0.119. The van der Waals surface area contributed by atoms with Crippen LogP contribution in [0.15, 0.2) is 18.2 Å². The third kappa shape index (κ3) is 1.70. The lowest BCUT2D eigenvalue weighted by molar-refractivity contribution is 0.281. The largest absolute Gasteiger partial charge is 0.392 e. The van der Waals surface area contributed by atoms with E-state index >= 15 is 0 Å². The number of aryl methyl sites for hydroxylation is 1. The Bertz CT molecular complexity index is 327. The summed E-state index contributed by atoms with van der Waals surface area (Å²) in [4.78, 5) is 0. The van der Waals surface area contributed by atoms with Crippen LogP contribution in [-0.4, -0.2) is 13.1 Å². The van der Waals surface area contributed by atoms with Crippen LogP contribution in [0.1, 0.15) is 35.6 Å². The van der Waals surface area contributed by atoms with Crippen molar-refractivity contribution in [1.82, 2.24) is 5.23 Å². The van der Waals surface area contributed by atoms with Gasteiger partial charge in [0.05, 0.1) is 6.61 Å². The molecule has 14 heavy (non-hydrogen) atoms. The Labute approximate surface area is 85.8 Å². The summed E-state index contributed by atoms with van der Waals surface area (Å²) < 4.78 is 0. The van der Waals surface area contributed by atoms with E-state index in [0.29, 0.717) is 0 Å². The van der Waals surface area contributed by atoms with Gasteiger partial charge in [0, 0.05) is 6.04 Å². The Kier molecular flexibility index (Phi) is 2.89. The van der Waals surface area contributed by atoms with E-state index in [0.717, 1.165) is 24.8 Å². The molecule has 0 saturated heterocycles. The van der Waals surface area contributed by atoms with Gasteiger partial charge in [-0.15, -0.1) is 0 Å². The quantitative estimate of drug-likeness (QED) is 0.682. The molecule has 0 bridgehead atoms. The monoisotopic (exact) mass is 187 g/mol. The summed E-state index contributed by atoms with van der Waals surface area (Å²) in [6, 6.07) is 6.41. The zero-order chi connectivity index (χ0) is 9.97. The molecule has 1 aromatic carbocycles. The first kappa shape index (κ1) is 9.75. The van der Waals surface area contributed by atoms with E-state index in [1.165, 1.54) is 11.1 Å².